The number of fused-ring (bicyclic) bond motifs is 3. The predicted molar refractivity (Wildman–Crippen MR) is 134 cm³/mol. The fraction of sp³-hybridized carbons (Fsp3) is 0.160. The van der Waals surface area contributed by atoms with Gasteiger partial charge in [0.05, 0.1) is 28.1 Å². The molecule has 6 heterocycles. The molecule has 36 heavy (non-hydrogen) atoms. The number of carbonyl (C=O) groups excluding carboxylic acids is 2. The van der Waals surface area contributed by atoms with E-state index < -0.39 is 11.8 Å². The summed E-state index contributed by atoms with van der Waals surface area (Å²) in [6, 6.07) is 9.04. The van der Waals surface area contributed by atoms with Crippen molar-refractivity contribution in [3.63, 3.8) is 0 Å². The number of H-pyrrole nitrogens is 1. The van der Waals surface area contributed by atoms with Crippen LogP contribution in [-0.2, 0) is 22.7 Å². The van der Waals surface area contributed by atoms with E-state index in [2.05, 4.69) is 20.6 Å². The van der Waals surface area contributed by atoms with E-state index in [1.165, 1.54) is 11.3 Å². The number of amides is 2. The molecular weight excluding hydrogens is 478 g/mol. The summed E-state index contributed by atoms with van der Waals surface area (Å²) in [6.07, 6.45) is 3.49. The fourth-order valence-corrected chi connectivity index (χ4v) is 5.90. The van der Waals surface area contributed by atoms with Crippen molar-refractivity contribution >= 4 is 55.4 Å². The summed E-state index contributed by atoms with van der Waals surface area (Å²) in [4.78, 5) is 44.5. The highest BCUT2D eigenvalue weighted by Gasteiger charge is 2.36. The number of imide groups is 1. The first-order chi connectivity index (χ1) is 17.6. The molecule has 0 saturated carbocycles. The minimum Gasteiger partial charge on any atom is -0.388 e. The molecule has 4 aromatic heterocycles. The third kappa shape index (κ3) is 3.00. The number of rotatable bonds is 4. The monoisotopic (exact) mass is 497 g/mol. The first-order valence-electron chi connectivity index (χ1n) is 11.4. The molecular formula is C25H19N7O3S. The number of aromatic amines is 1. The number of imidazole rings is 1. The molecule has 0 radical (unpaired) electrons. The Morgan fingerprint density at radius 2 is 1.94 bits per heavy atom. The zero-order valence-electron chi connectivity index (χ0n) is 18.8. The van der Waals surface area contributed by atoms with Gasteiger partial charge in [-0.05, 0) is 17.5 Å². The number of aliphatic hydroxyl groups is 1. The molecule has 4 N–H and O–H groups in total. The Hall–Kier alpha value is -4.19. The second-order valence-electron chi connectivity index (χ2n) is 8.69. The molecule has 2 aliphatic rings. The molecule has 1 atom stereocenters. The highest BCUT2D eigenvalue weighted by atomic mass is 32.1. The van der Waals surface area contributed by atoms with Gasteiger partial charge < -0.3 is 20.0 Å². The van der Waals surface area contributed by atoms with Crippen molar-refractivity contribution in [3.05, 3.63) is 76.7 Å². The van der Waals surface area contributed by atoms with Crippen LogP contribution in [0.25, 0.3) is 32.3 Å². The van der Waals surface area contributed by atoms with Gasteiger partial charge >= 0.3 is 0 Å². The van der Waals surface area contributed by atoms with Gasteiger partial charge in [-0.25, -0.2) is 15.0 Å². The Labute approximate surface area is 207 Å². The third-order valence-electron chi connectivity index (χ3n) is 6.71. The number of carbonyl (C=O) groups is 2. The lowest BCUT2D eigenvalue weighted by Gasteiger charge is -2.27. The zero-order valence-corrected chi connectivity index (χ0v) is 19.6. The molecule has 7 rings (SSSR count). The molecule has 1 unspecified atom stereocenters. The van der Waals surface area contributed by atoms with Crippen LogP contribution in [0.5, 0.6) is 0 Å². The lowest BCUT2D eigenvalue weighted by molar-refractivity contribution is -0.122. The summed E-state index contributed by atoms with van der Waals surface area (Å²) in [7, 11) is 0. The Bertz CT molecular complexity index is 1730. The SMILES string of the molecule is O=C1NC(=O)C(c2c[nH]c3sccc23)=C1c1nc(C2CNCc3cnc(CO)n32)nc2ccccc12. The van der Waals surface area contributed by atoms with Crippen LogP contribution in [0.2, 0.25) is 0 Å². The normalized spacial score (nSPS) is 17.9. The van der Waals surface area contributed by atoms with E-state index in [4.69, 9.17) is 9.97 Å². The minimum absolute atomic E-state index is 0.215. The summed E-state index contributed by atoms with van der Waals surface area (Å²) < 4.78 is 1.95. The predicted octanol–water partition coefficient (Wildman–Crippen LogP) is 2.12. The van der Waals surface area contributed by atoms with E-state index in [0.29, 0.717) is 52.5 Å². The van der Waals surface area contributed by atoms with Gasteiger partial charge in [0.25, 0.3) is 11.8 Å². The van der Waals surface area contributed by atoms with Gasteiger partial charge in [0.2, 0.25) is 0 Å². The molecule has 0 spiro atoms. The molecule has 2 amide bonds. The van der Waals surface area contributed by atoms with Crippen LogP contribution in [0.1, 0.15) is 34.6 Å². The van der Waals surface area contributed by atoms with E-state index >= 15 is 0 Å². The van der Waals surface area contributed by atoms with Crippen LogP contribution in [0.4, 0.5) is 0 Å². The molecule has 11 heteroatoms. The van der Waals surface area contributed by atoms with E-state index in [1.807, 2.05) is 40.3 Å². The molecule has 178 valence electrons. The Morgan fingerprint density at radius 1 is 1.08 bits per heavy atom. The molecule has 5 aromatic rings. The lowest BCUT2D eigenvalue weighted by atomic mass is 9.97. The maximum atomic E-state index is 13.2. The van der Waals surface area contributed by atoms with Crippen LogP contribution in [0, 0.1) is 0 Å². The van der Waals surface area contributed by atoms with Crippen molar-refractivity contribution in [2.45, 2.75) is 19.2 Å². The number of nitrogens with one attached hydrogen (secondary N) is 3. The maximum Gasteiger partial charge on any atom is 0.261 e. The first-order valence-corrected chi connectivity index (χ1v) is 12.3. The fourth-order valence-electron chi connectivity index (χ4n) is 5.13. The van der Waals surface area contributed by atoms with Gasteiger partial charge in [0.15, 0.2) is 5.82 Å². The second-order valence-corrected chi connectivity index (χ2v) is 9.60. The quantitative estimate of drug-likeness (QED) is 0.279. The number of aromatic nitrogens is 5. The zero-order chi connectivity index (χ0) is 24.4. The van der Waals surface area contributed by atoms with E-state index in [-0.39, 0.29) is 18.2 Å². The summed E-state index contributed by atoms with van der Waals surface area (Å²) in [6.45, 7) is 0.923. The van der Waals surface area contributed by atoms with Crippen molar-refractivity contribution in [1.82, 2.24) is 35.1 Å². The van der Waals surface area contributed by atoms with Crippen LogP contribution in [-0.4, -0.2) is 48.0 Å². The summed E-state index contributed by atoms with van der Waals surface area (Å²) in [5.74, 6) is 0.0509. The van der Waals surface area contributed by atoms with E-state index in [1.54, 1.807) is 12.4 Å². The standard InChI is InChI=1S/C25H19N7O3S/c33-11-18-27-8-12-7-26-10-17(32(12)18)22-29-16-4-2-1-3-14(16)21(30-22)20-19(23(34)31-24(20)35)15-9-28-25-13(15)5-6-36-25/h1-6,8-9,17,26,28,33H,7,10-11H2,(H,31,34,35). The molecule has 0 fully saturated rings. The molecule has 10 nitrogen and oxygen atoms in total. The van der Waals surface area contributed by atoms with Crippen molar-refractivity contribution in [2.24, 2.45) is 0 Å². The highest BCUT2D eigenvalue weighted by Crippen LogP contribution is 2.38. The molecule has 0 saturated heterocycles. The van der Waals surface area contributed by atoms with Gasteiger partial charge in [-0.1, -0.05) is 18.2 Å². The maximum absolute atomic E-state index is 13.2. The number of benzene rings is 1. The molecule has 2 aliphatic heterocycles. The lowest BCUT2D eigenvalue weighted by Crippen LogP contribution is -2.35. The van der Waals surface area contributed by atoms with E-state index in [9.17, 15) is 14.7 Å². The van der Waals surface area contributed by atoms with Crippen molar-refractivity contribution in [1.29, 1.82) is 0 Å². The first kappa shape index (κ1) is 21.1. The second kappa shape index (κ2) is 7.92. The Morgan fingerprint density at radius 3 is 2.83 bits per heavy atom. The van der Waals surface area contributed by atoms with Crippen LogP contribution >= 0.6 is 11.3 Å². The summed E-state index contributed by atoms with van der Waals surface area (Å²) in [5, 5.41) is 19.2. The third-order valence-corrected chi connectivity index (χ3v) is 7.55. The highest BCUT2D eigenvalue weighted by molar-refractivity contribution is 7.16. The van der Waals surface area contributed by atoms with Crippen molar-refractivity contribution < 1.29 is 14.7 Å². The molecule has 0 bridgehead atoms. The molecule has 1 aromatic carbocycles. The smallest absolute Gasteiger partial charge is 0.261 e. The number of aliphatic hydroxyl groups excluding tert-OH is 1. The number of nitrogens with zero attached hydrogens (tertiary/aromatic N) is 4. The minimum atomic E-state index is -0.490. The van der Waals surface area contributed by atoms with Gasteiger partial charge in [0, 0.05) is 41.8 Å². The topological polar surface area (TPSA) is 138 Å². The van der Waals surface area contributed by atoms with Crippen LogP contribution in [0.3, 0.4) is 0 Å². The summed E-state index contributed by atoms with van der Waals surface area (Å²) in [5.41, 5.74) is 3.15. The van der Waals surface area contributed by atoms with E-state index in [0.717, 1.165) is 15.9 Å². The van der Waals surface area contributed by atoms with Gasteiger partial charge in [0.1, 0.15) is 23.3 Å². The number of hydrogen-bond acceptors (Lipinski definition) is 8. The van der Waals surface area contributed by atoms with Crippen LogP contribution in [0.15, 0.2) is 48.1 Å². The molecule has 0 aliphatic carbocycles. The Balaban J connectivity index is 1.50. The summed E-state index contributed by atoms with van der Waals surface area (Å²) >= 11 is 1.53. The van der Waals surface area contributed by atoms with Crippen molar-refractivity contribution in [2.75, 3.05) is 6.54 Å². The average Bonchev–Trinajstić information content (AvgIpc) is 3.66. The van der Waals surface area contributed by atoms with Gasteiger partial charge in [-0.3, -0.25) is 14.9 Å². The van der Waals surface area contributed by atoms with Crippen molar-refractivity contribution in [3.8, 4) is 0 Å². The van der Waals surface area contributed by atoms with Crippen LogP contribution < -0.4 is 10.6 Å². The Kier molecular flexibility index (Phi) is 4.64. The number of para-hydroxylation sites is 1. The average molecular weight is 498 g/mol. The number of hydrogen-bond donors (Lipinski definition) is 4. The largest absolute Gasteiger partial charge is 0.388 e. The van der Waals surface area contributed by atoms with Gasteiger partial charge in [-0.15, -0.1) is 11.3 Å². The van der Waals surface area contributed by atoms with Gasteiger partial charge in [-0.2, -0.15) is 0 Å². The number of thiophene rings is 1.